The molecule has 0 aliphatic rings. The summed E-state index contributed by atoms with van der Waals surface area (Å²) in [6.07, 6.45) is 2.37. The van der Waals surface area contributed by atoms with E-state index in [4.69, 9.17) is 15.0 Å². The minimum atomic E-state index is -0.815. The minimum absolute atomic E-state index is 0.110. The molecule has 11 heavy (non-hydrogen) atoms. The maximum Gasteiger partial charge on any atom is 0.303 e. The lowest BCUT2D eigenvalue weighted by Crippen LogP contribution is -2.25. The molecule has 0 fully saturated rings. The fourth-order valence-corrected chi connectivity index (χ4v) is 0.859. The van der Waals surface area contributed by atoms with Crippen LogP contribution in [-0.2, 0) is 8.98 Å². The predicted octanol–water partition coefficient (Wildman–Crippen LogP) is 0.473. The Balaban J connectivity index is 3.22. The first kappa shape index (κ1) is 10.7. The highest BCUT2D eigenvalue weighted by atomic mass is 32.2. The summed E-state index contributed by atoms with van der Waals surface area (Å²) in [4.78, 5) is 10.1. The van der Waals surface area contributed by atoms with Gasteiger partial charge >= 0.3 is 5.97 Å². The maximum atomic E-state index is 10.1. The number of carboxylic acid groups (broad SMARTS) is 1. The Morgan fingerprint density at radius 3 is 2.91 bits per heavy atom. The van der Waals surface area contributed by atoms with Crippen LogP contribution in [-0.4, -0.2) is 30.0 Å². The van der Waals surface area contributed by atoms with Gasteiger partial charge in [0, 0.05) is 18.7 Å². The maximum absolute atomic E-state index is 10.1. The van der Waals surface area contributed by atoms with Crippen molar-refractivity contribution in [1.82, 2.24) is 0 Å². The van der Waals surface area contributed by atoms with Gasteiger partial charge in [-0.3, -0.25) is 4.79 Å². The molecule has 0 bridgehead atoms. The van der Waals surface area contributed by atoms with Crippen molar-refractivity contribution in [2.75, 3.05) is 12.9 Å². The lowest BCUT2D eigenvalue weighted by molar-refractivity contribution is -0.137. The summed E-state index contributed by atoms with van der Waals surface area (Å²) in [6, 6.07) is -0.168. The number of hydrogen-bond donors (Lipinski definition) is 2. The van der Waals surface area contributed by atoms with Crippen LogP contribution in [0.4, 0.5) is 0 Å². The van der Waals surface area contributed by atoms with Gasteiger partial charge in [0.1, 0.15) is 0 Å². The zero-order chi connectivity index (χ0) is 8.69. The van der Waals surface area contributed by atoms with Gasteiger partial charge in [0.25, 0.3) is 0 Å². The van der Waals surface area contributed by atoms with Crippen molar-refractivity contribution in [2.24, 2.45) is 5.73 Å². The molecule has 0 amide bonds. The van der Waals surface area contributed by atoms with Gasteiger partial charge in [-0.15, -0.1) is 0 Å². The van der Waals surface area contributed by atoms with Gasteiger partial charge < -0.3 is 15.0 Å². The van der Waals surface area contributed by atoms with Crippen LogP contribution in [0.15, 0.2) is 0 Å². The normalized spacial score (nSPS) is 12.9. The molecule has 5 heteroatoms. The SMILES string of the molecule is CSOC[C@H](N)CCC(=O)O. The van der Waals surface area contributed by atoms with Gasteiger partial charge in [-0.2, -0.15) is 0 Å². The van der Waals surface area contributed by atoms with Crippen LogP contribution < -0.4 is 5.73 Å². The summed E-state index contributed by atoms with van der Waals surface area (Å²) in [6.45, 7) is 0.411. The fourth-order valence-electron chi connectivity index (χ4n) is 0.548. The summed E-state index contributed by atoms with van der Waals surface area (Å²) >= 11 is 1.24. The average Bonchev–Trinajstić information content (AvgIpc) is 1.97. The zero-order valence-electron chi connectivity index (χ0n) is 6.45. The topological polar surface area (TPSA) is 72.5 Å². The number of rotatable bonds is 6. The third kappa shape index (κ3) is 7.64. The first-order valence-electron chi connectivity index (χ1n) is 3.29. The summed E-state index contributed by atoms with van der Waals surface area (Å²) in [5, 5.41) is 8.29. The molecule has 66 valence electrons. The highest BCUT2D eigenvalue weighted by molar-refractivity contribution is 7.93. The van der Waals surface area contributed by atoms with E-state index in [1.54, 1.807) is 6.26 Å². The zero-order valence-corrected chi connectivity index (χ0v) is 7.26. The third-order valence-corrected chi connectivity index (χ3v) is 1.50. The smallest absolute Gasteiger partial charge is 0.303 e. The highest BCUT2D eigenvalue weighted by Gasteiger charge is 2.05. The molecule has 0 aromatic carbocycles. The predicted molar refractivity (Wildman–Crippen MR) is 44.3 cm³/mol. The summed E-state index contributed by atoms with van der Waals surface area (Å²) < 4.78 is 4.93. The third-order valence-electron chi connectivity index (χ3n) is 1.13. The molecule has 0 rings (SSSR count). The van der Waals surface area contributed by atoms with E-state index in [0.717, 1.165) is 0 Å². The monoisotopic (exact) mass is 179 g/mol. The minimum Gasteiger partial charge on any atom is -0.481 e. The molecule has 4 nitrogen and oxygen atoms in total. The molecule has 0 saturated carbocycles. The van der Waals surface area contributed by atoms with Crippen LogP contribution in [0.25, 0.3) is 0 Å². The van der Waals surface area contributed by atoms with Crippen molar-refractivity contribution in [3.63, 3.8) is 0 Å². The molecule has 1 atom stereocenters. The first-order valence-corrected chi connectivity index (χ1v) is 4.44. The molecule has 0 aliphatic carbocycles. The second-order valence-corrected chi connectivity index (χ2v) is 2.71. The molecular formula is C6H13NO3S. The van der Waals surface area contributed by atoms with Gasteiger partial charge in [-0.1, -0.05) is 0 Å². The molecule has 0 saturated heterocycles. The molecule has 0 unspecified atom stereocenters. The van der Waals surface area contributed by atoms with Crippen molar-refractivity contribution in [2.45, 2.75) is 18.9 Å². The Morgan fingerprint density at radius 1 is 1.82 bits per heavy atom. The van der Waals surface area contributed by atoms with Crippen molar-refractivity contribution in [3.05, 3.63) is 0 Å². The van der Waals surface area contributed by atoms with Crippen molar-refractivity contribution in [1.29, 1.82) is 0 Å². The van der Waals surface area contributed by atoms with Crippen LogP contribution in [0.2, 0.25) is 0 Å². The van der Waals surface area contributed by atoms with Crippen molar-refractivity contribution in [3.8, 4) is 0 Å². The Bertz CT molecular complexity index is 120. The number of nitrogens with two attached hydrogens (primary N) is 1. The van der Waals surface area contributed by atoms with E-state index in [9.17, 15) is 4.79 Å². The van der Waals surface area contributed by atoms with E-state index in [-0.39, 0.29) is 12.5 Å². The molecule has 0 radical (unpaired) electrons. The molecule has 0 aromatic rings. The second kappa shape index (κ2) is 6.45. The Kier molecular flexibility index (Phi) is 6.30. The quantitative estimate of drug-likeness (QED) is 0.580. The standard InChI is InChI=1S/C6H13NO3S/c1-11-10-4-5(7)2-3-6(8)9/h5H,2-4,7H2,1H3,(H,8,9)/t5-/m1/s1. The van der Waals surface area contributed by atoms with Gasteiger partial charge in [-0.05, 0) is 18.5 Å². The highest BCUT2D eigenvalue weighted by Crippen LogP contribution is 2.00. The lowest BCUT2D eigenvalue weighted by Gasteiger charge is -2.07. The number of hydrogen-bond acceptors (Lipinski definition) is 4. The molecule has 0 heterocycles. The van der Waals surface area contributed by atoms with Gasteiger partial charge in [0.2, 0.25) is 0 Å². The summed E-state index contributed by atoms with van der Waals surface area (Å²) in [5.41, 5.74) is 5.51. The first-order chi connectivity index (χ1) is 5.16. The largest absolute Gasteiger partial charge is 0.481 e. The van der Waals surface area contributed by atoms with Crippen LogP contribution in [0, 0.1) is 0 Å². The molecule has 0 aromatic heterocycles. The van der Waals surface area contributed by atoms with Gasteiger partial charge in [0.15, 0.2) is 0 Å². The van der Waals surface area contributed by atoms with Crippen molar-refractivity contribution < 1.29 is 14.1 Å². The Morgan fingerprint density at radius 2 is 2.45 bits per heavy atom. The van der Waals surface area contributed by atoms with E-state index in [0.29, 0.717) is 13.0 Å². The second-order valence-electron chi connectivity index (χ2n) is 2.14. The Hall–Kier alpha value is -0.260. The van der Waals surface area contributed by atoms with Gasteiger partial charge in [0.05, 0.1) is 6.61 Å². The van der Waals surface area contributed by atoms with E-state index in [1.165, 1.54) is 12.0 Å². The van der Waals surface area contributed by atoms with E-state index in [1.807, 2.05) is 0 Å². The average molecular weight is 179 g/mol. The van der Waals surface area contributed by atoms with Gasteiger partial charge in [-0.25, -0.2) is 0 Å². The fraction of sp³-hybridized carbons (Fsp3) is 0.833. The number of carboxylic acids is 1. The molecule has 3 N–H and O–H groups in total. The lowest BCUT2D eigenvalue weighted by atomic mass is 10.2. The van der Waals surface area contributed by atoms with Crippen LogP contribution in [0.3, 0.4) is 0 Å². The van der Waals surface area contributed by atoms with Crippen LogP contribution in [0.5, 0.6) is 0 Å². The molecule has 0 aliphatic heterocycles. The van der Waals surface area contributed by atoms with E-state index in [2.05, 4.69) is 0 Å². The number of carbonyl (C=O) groups is 1. The molecule has 0 spiro atoms. The van der Waals surface area contributed by atoms with E-state index >= 15 is 0 Å². The summed E-state index contributed by atoms with van der Waals surface area (Å²) in [7, 11) is 0. The van der Waals surface area contributed by atoms with E-state index < -0.39 is 5.97 Å². The Labute approximate surface area is 70.3 Å². The molecular weight excluding hydrogens is 166 g/mol. The van der Waals surface area contributed by atoms with Crippen LogP contribution >= 0.6 is 12.0 Å². The van der Waals surface area contributed by atoms with Crippen molar-refractivity contribution >= 4 is 18.0 Å². The van der Waals surface area contributed by atoms with Crippen LogP contribution in [0.1, 0.15) is 12.8 Å². The number of aliphatic carboxylic acids is 1. The summed E-state index contributed by atoms with van der Waals surface area (Å²) in [5.74, 6) is -0.815.